The van der Waals surface area contributed by atoms with E-state index in [0.29, 0.717) is 5.56 Å². The van der Waals surface area contributed by atoms with E-state index in [0.717, 1.165) is 24.0 Å². The van der Waals surface area contributed by atoms with Crippen molar-refractivity contribution in [2.75, 3.05) is 0 Å². The first-order valence-corrected chi connectivity index (χ1v) is 5.75. The number of alkyl halides is 3. The van der Waals surface area contributed by atoms with Gasteiger partial charge in [0.05, 0.1) is 0 Å². The second-order valence-electron chi connectivity index (χ2n) is 4.48. The molecule has 0 bridgehead atoms. The summed E-state index contributed by atoms with van der Waals surface area (Å²) in [5.74, 6) is -1.39. The molecule has 20 heavy (non-hydrogen) atoms. The lowest BCUT2D eigenvalue weighted by Gasteiger charge is -2.04. The number of aryl methyl sites for hydroxylation is 1. The molecular weight excluding hydrogens is 295 g/mol. The molecule has 1 aliphatic rings. The molecule has 108 valence electrons. The topological polar surface area (TPSA) is 64.9 Å². The van der Waals surface area contributed by atoms with Crippen molar-refractivity contribution < 1.29 is 17.7 Å². The Labute approximate surface area is 118 Å². The number of fused-ring (bicyclic) bond motifs is 1. The fourth-order valence-corrected chi connectivity index (χ4v) is 2.25. The minimum atomic E-state index is -4.62. The van der Waals surface area contributed by atoms with Crippen LogP contribution in [0.1, 0.15) is 29.5 Å². The smallest absolute Gasteiger partial charge is 0.329 e. The Kier molecular flexibility index (Phi) is 3.75. The van der Waals surface area contributed by atoms with E-state index in [4.69, 9.17) is 5.73 Å². The number of aromatic nitrogens is 2. The highest BCUT2D eigenvalue weighted by molar-refractivity contribution is 5.85. The number of hydrogen-bond donors (Lipinski definition) is 1. The third kappa shape index (κ3) is 2.51. The van der Waals surface area contributed by atoms with Gasteiger partial charge in [-0.2, -0.15) is 18.2 Å². The van der Waals surface area contributed by atoms with Gasteiger partial charge in [-0.25, -0.2) is 0 Å². The second-order valence-corrected chi connectivity index (χ2v) is 4.48. The Morgan fingerprint density at radius 2 is 2.05 bits per heavy atom. The molecule has 0 amide bonds. The first-order valence-electron chi connectivity index (χ1n) is 5.75. The average molecular weight is 306 g/mol. The van der Waals surface area contributed by atoms with Crippen LogP contribution < -0.4 is 5.73 Å². The molecule has 8 heteroatoms. The van der Waals surface area contributed by atoms with Gasteiger partial charge in [0.1, 0.15) is 0 Å². The molecule has 0 saturated carbocycles. The standard InChI is InChI=1S/C12H10F3N3O.ClH/c13-12(14,15)11-17-10(18-19-11)7-1-3-8-6(5-7)2-4-9(8)16;/h1,3,5,9H,2,4,16H2;1H/t9-;/m0./s1. The highest BCUT2D eigenvalue weighted by Crippen LogP contribution is 2.33. The Balaban J connectivity index is 0.00000147. The van der Waals surface area contributed by atoms with Crippen LogP contribution in [0.5, 0.6) is 0 Å². The van der Waals surface area contributed by atoms with Gasteiger partial charge in [0.25, 0.3) is 0 Å². The number of hydrogen-bond acceptors (Lipinski definition) is 4. The molecule has 3 rings (SSSR count). The second kappa shape index (κ2) is 5.06. The Morgan fingerprint density at radius 3 is 2.70 bits per heavy atom. The predicted octanol–water partition coefficient (Wildman–Crippen LogP) is 3.12. The summed E-state index contributed by atoms with van der Waals surface area (Å²) in [6.45, 7) is 0. The fraction of sp³-hybridized carbons (Fsp3) is 0.333. The van der Waals surface area contributed by atoms with E-state index >= 15 is 0 Å². The average Bonchev–Trinajstić information content (AvgIpc) is 2.95. The van der Waals surface area contributed by atoms with Crippen LogP contribution in [0, 0.1) is 0 Å². The molecule has 0 spiro atoms. The lowest BCUT2D eigenvalue weighted by molar-refractivity contribution is -0.159. The van der Waals surface area contributed by atoms with Gasteiger partial charge in [0.15, 0.2) is 0 Å². The van der Waals surface area contributed by atoms with E-state index in [9.17, 15) is 13.2 Å². The predicted molar refractivity (Wildman–Crippen MR) is 67.2 cm³/mol. The molecule has 2 N–H and O–H groups in total. The summed E-state index contributed by atoms with van der Waals surface area (Å²) in [6, 6.07) is 5.24. The number of halogens is 4. The van der Waals surface area contributed by atoms with E-state index in [2.05, 4.69) is 14.7 Å². The Hall–Kier alpha value is -1.60. The van der Waals surface area contributed by atoms with Crippen molar-refractivity contribution in [1.29, 1.82) is 0 Å². The van der Waals surface area contributed by atoms with Crippen molar-refractivity contribution in [2.45, 2.75) is 25.1 Å². The molecule has 1 aromatic carbocycles. The van der Waals surface area contributed by atoms with Gasteiger partial charge in [-0.3, -0.25) is 0 Å². The maximum absolute atomic E-state index is 12.4. The van der Waals surface area contributed by atoms with Gasteiger partial charge >= 0.3 is 12.1 Å². The van der Waals surface area contributed by atoms with Crippen LogP contribution in [0.3, 0.4) is 0 Å². The minimum absolute atomic E-state index is 0. The fourth-order valence-electron chi connectivity index (χ4n) is 2.25. The first-order chi connectivity index (χ1) is 8.95. The molecule has 0 unspecified atom stereocenters. The van der Waals surface area contributed by atoms with Crippen molar-refractivity contribution in [3.05, 3.63) is 35.2 Å². The summed E-state index contributed by atoms with van der Waals surface area (Å²) in [5, 5.41) is 3.36. The van der Waals surface area contributed by atoms with Crippen molar-refractivity contribution in [3.63, 3.8) is 0 Å². The highest BCUT2D eigenvalue weighted by atomic mass is 35.5. The lowest BCUT2D eigenvalue weighted by Crippen LogP contribution is -2.05. The molecule has 1 aromatic heterocycles. The van der Waals surface area contributed by atoms with Gasteiger partial charge in [-0.15, -0.1) is 12.4 Å². The molecule has 1 aliphatic carbocycles. The lowest BCUT2D eigenvalue weighted by atomic mass is 10.0. The van der Waals surface area contributed by atoms with E-state index in [1.165, 1.54) is 0 Å². The number of benzene rings is 1. The summed E-state index contributed by atoms with van der Waals surface area (Å²) >= 11 is 0. The summed E-state index contributed by atoms with van der Waals surface area (Å²) < 4.78 is 41.3. The molecule has 4 nitrogen and oxygen atoms in total. The molecule has 2 aromatic rings. The SMILES string of the molecule is Cl.N[C@H]1CCc2cc(-c3noc(C(F)(F)F)n3)ccc21. The van der Waals surface area contributed by atoms with Crippen LogP contribution in [0.2, 0.25) is 0 Å². The zero-order valence-electron chi connectivity index (χ0n) is 10.1. The van der Waals surface area contributed by atoms with Crippen molar-refractivity contribution in [1.82, 2.24) is 10.1 Å². The van der Waals surface area contributed by atoms with Crippen LogP contribution in [0.15, 0.2) is 22.7 Å². The molecule has 1 atom stereocenters. The number of rotatable bonds is 1. The third-order valence-electron chi connectivity index (χ3n) is 3.19. The molecule has 0 fully saturated rings. The molecule has 1 heterocycles. The molecule has 0 saturated heterocycles. The number of nitrogens with two attached hydrogens (primary N) is 1. The Morgan fingerprint density at radius 1 is 1.30 bits per heavy atom. The molecular formula is C12H11ClF3N3O. The van der Waals surface area contributed by atoms with Gasteiger partial charge in [0, 0.05) is 11.6 Å². The largest absolute Gasteiger partial charge is 0.471 e. The first kappa shape index (κ1) is 14.8. The normalized spacial score (nSPS) is 17.7. The zero-order chi connectivity index (χ0) is 13.6. The summed E-state index contributed by atoms with van der Waals surface area (Å²) in [4.78, 5) is 3.36. The van der Waals surface area contributed by atoms with Crippen LogP contribution in [0.25, 0.3) is 11.4 Å². The van der Waals surface area contributed by atoms with E-state index in [1.54, 1.807) is 12.1 Å². The zero-order valence-corrected chi connectivity index (χ0v) is 11.0. The van der Waals surface area contributed by atoms with E-state index in [1.807, 2.05) is 6.07 Å². The monoisotopic (exact) mass is 305 g/mol. The summed E-state index contributed by atoms with van der Waals surface area (Å²) in [6.07, 6.45) is -2.96. The third-order valence-corrected chi connectivity index (χ3v) is 3.19. The summed E-state index contributed by atoms with van der Waals surface area (Å²) in [7, 11) is 0. The van der Waals surface area contributed by atoms with Crippen LogP contribution in [0.4, 0.5) is 13.2 Å². The molecule has 0 radical (unpaired) electrons. The van der Waals surface area contributed by atoms with Crippen molar-refractivity contribution in [3.8, 4) is 11.4 Å². The molecule has 0 aliphatic heterocycles. The quantitative estimate of drug-likeness (QED) is 0.879. The minimum Gasteiger partial charge on any atom is -0.329 e. The van der Waals surface area contributed by atoms with Gasteiger partial charge < -0.3 is 10.3 Å². The maximum Gasteiger partial charge on any atom is 0.471 e. The van der Waals surface area contributed by atoms with Crippen LogP contribution >= 0.6 is 12.4 Å². The van der Waals surface area contributed by atoms with Gasteiger partial charge in [0.2, 0.25) is 5.82 Å². The maximum atomic E-state index is 12.4. The van der Waals surface area contributed by atoms with E-state index in [-0.39, 0.29) is 24.3 Å². The Bertz CT molecular complexity index is 627. The van der Waals surface area contributed by atoms with Crippen molar-refractivity contribution in [2.24, 2.45) is 5.73 Å². The number of nitrogens with zero attached hydrogens (tertiary/aromatic N) is 2. The van der Waals surface area contributed by atoms with Crippen LogP contribution in [-0.2, 0) is 12.6 Å². The summed E-state index contributed by atoms with van der Waals surface area (Å²) in [5.41, 5.74) is 8.47. The van der Waals surface area contributed by atoms with Gasteiger partial charge in [-0.05, 0) is 30.0 Å². The van der Waals surface area contributed by atoms with E-state index < -0.39 is 12.1 Å². The van der Waals surface area contributed by atoms with Crippen molar-refractivity contribution >= 4 is 12.4 Å². The van der Waals surface area contributed by atoms with Crippen LogP contribution in [-0.4, -0.2) is 10.1 Å². The van der Waals surface area contributed by atoms with Gasteiger partial charge in [-0.1, -0.05) is 17.3 Å². The highest BCUT2D eigenvalue weighted by Gasteiger charge is 2.38.